The summed E-state index contributed by atoms with van der Waals surface area (Å²) in [7, 11) is 0. The topological polar surface area (TPSA) is 107 Å². The van der Waals surface area contributed by atoms with E-state index in [0.717, 1.165) is 38.6 Å². The molecule has 0 bridgehead atoms. The zero-order valence-corrected chi connectivity index (χ0v) is 20.1. The molecule has 2 fully saturated rings. The molecule has 0 spiro atoms. The molecule has 2 aromatic heterocycles. The second-order valence-electron chi connectivity index (χ2n) is 9.22. The number of oxime groups is 1. The highest BCUT2D eigenvalue weighted by Crippen LogP contribution is 2.29. The fraction of sp³-hybridized carbons (Fsp3) is 0.400. The Morgan fingerprint density at radius 2 is 1.97 bits per heavy atom. The van der Waals surface area contributed by atoms with E-state index in [1.165, 1.54) is 11.0 Å². The molecule has 5 heterocycles. The van der Waals surface area contributed by atoms with Gasteiger partial charge in [0.15, 0.2) is 0 Å². The number of hydrogen-bond acceptors (Lipinski definition) is 9. The van der Waals surface area contributed by atoms with Crippen molar-refractivity contribution in [2.75, 3.05) is 44.3 Å². The summed E-state index contributed by atoms with van der Waals surface area (Å²) in [5.41, 5.74) is 2.95. The third kappa shape index (κ3) is 5.16. The van der Waals surface area contributed by atoms with E-state index in [2.05, 4.69) is 25.4 Å². The van der Waals surface area contributed by atoms with Crippen molar-refractivity contribution in [1.29, 1.82) is 0 Å². The second-order valence-corrected chi connectivity index (χ2v) is 9.22. The summed E-state index contributed by atoms with van der Waals surface area (Å²) in [4.78, 5) is 26.2. The maximum atomic E-state index is 15.1. The molecule has 1 amide bonds. The predicted octanol–water partition coefficient (Wildman–Crippen LogP) is 2.33. The minimum Gasteiger partial charge on any atom is -0.442 e. The van der Waals surface area contributed by atoms with Crippen LogP contribution in [0, 0.1) is 5.82 Å². The first-order valence-corrected chi connectivity index (χ1v) is 12.2. The molecule has 3 aromatic rings. The van der Waals surface area contributed by atoms with Crippen LogP contribution < -0.4 is 4.90 Å². The summed E-state index contributed by atoms with van der Waals surface area (Å²) in [6, 6.07) is 8.34. The van der Waals surface area contributed by atoms with Gasteiger partial charge in [0.05, 0.1) is 43.9 Å². The Balaban J connectivity index is 1.09. The Bertz CT molecular complexity index is 1280. The normalized spacial score (nSPS) is 22.1. The standard InChI is InChI=1S/C25H26FN7O4/c26-22-11-18(33-16-20(36-25(33)34)15-32-6-5-28-30-32)2-3-21(22)17-1-4-23(27-13-17)24-12-19(37-29-24)14-31-7-9-35-10-8-31/h1-6,11,13,19-20H,7-10,12,14-16H2/t19-,20+/m1/s1. The zero-order chi connectivity index (χ0) is 25.2. The van der Waals surface area contributed by atoms with E-state index in [-0.39, 0.29) is 6.10 Å². The van der Waals surface area contributed by atoms with E-state index in [1.807, 2.05) is 12.1 Å². The highest BCUT2D eigenvalue weighted by atomic mass is 19.1. The Morgan fingerprint density at radius 1 is 1.08 bits per heavy atom. The fourth-order valence-corrected chi connectivity index (χ4v) is 4.75. The van der Waals surface area contributed by atoms with E-state index >= 15 is 4.39 Å². The molecule has 1 aromatic carbocycles. The first-order valence-electron chi connectivity index (χ1n) is 12.2. The molecule has 2 saturated heterocycles. The summed E-state index contributed by atoms with van der Waals surface area (Å²) >= 11 is 0. The van der Waals surface area contributed by atoms with Crippen LogP contribution in [-0.2, 0) is 20.9 Å². The van der Waals surface area contributed by atoms with Crippen LogP contribution >= 0.6 is 0 Å². The molecule has 37 heavy (non-hydrogen) atoms. The molecule has 0 saturated carbocycles. The van der Waals surface area contributed by atoms with Gasteiger partial charge in [-0.15, -0.1) is 5.10 Å². The van der Waals surface area contributed by atoms with E-state index in [1.54, 1.807) is 35.4 Å². The molecule has 0 N–H and O–H groups in total. The Labute approximate surface area is 212 Å². The van der Waals surface area contributed by atoms with Crippen molar-refractivity contribution in [1.82, 2.24) is 24.9 Å². The van der Waals surface area contributed by atoms with Gasteiger partial charge in [-0.3, -0.25) is 14.8 Å². The molecule has 0 radical (unpaired) electrons. The van der Waals surface area contributed by atoms with Crippen molar-refractivity contribution in [2.45, 2.75) is 25.2 Å². The number of aromatic nitrogens is 4. The van der Waals surface area contributed by atoms with E-state index < -0.39 is 18.0 Å². The average Bonchev–Trinajstić information content (AvgIpc) is 3.67. The summed E-state index contributed by atoms with van der Waals surface area (Å²) < 4.78 is 27.5. The lowest BCUT2D eigenvalue weighted by Crippen LogP contribution is -2.41. The number of anilines is 1. The molecule has 12 heteroatoms. The van der Waals surface area contributed by atoms with Gasteiger partial charge in [-0.05, 0) is 24.3 Å². The number of carbonyl (C=O) groups is 1. The highest BCUT2D eigenvalue weighted by molar-refractivity contribution is 5.99. The largest absolute Gasteiger partial charge is 0.442 e. The van der Waals surface area contributed by atoms with Crippen LogP contribution in [0.3, 0.4) is 0 Å². The summed E-state index contributed by atoms with van der Waals surface area (Å²) in [6.07, 6.45) is 4.63. The van der Waals surface area contributed by atoms with Crippen molar-refractivity contribution in [3.63, 3.8) is 0 Å². The molecular weight excluding hydrogens is 481 g/mol. The van der Waals surface area contributed by atoms with Crippen LogP contribution in [0.25, 0.3) is 11.1 Å². The third-order valence-corrected chi connectivity index (χ3v) is 6.67. The number of hydrogen-bond donors (Lipinski definition) is 0. The Hall–Kier alpha value is -3.90. The highest BCUT2D eigenvalue weighted by Gasteiger charge is 2.33. The van der Waals surface area contributed by atoms with Crippen molar-refractivity contribution in [3.8, 4) is 11.1 Å². The summed E-state index contributed by atoms with van der Waals surface area (Å²) in [6.45, 7) is 4.76. The second kappa shape index (κ2) is 10.2. The minimum atomic E-state index is -0.519. The number of amides is 1. The van der Waals surface area contributed by atoms with Crippen LogP contribution in [0.5, 0.6) is 0 Å². The van der Waals surface area contributed by atoms with Crippen molar-refractivity contribution in [2.24, 2.45) is 5.16 Å². The van der Waals surface area contributed by atoms with Crippen molar-refractivity contribution >= 4 is 17.5 Å². The van der Waals surface area contributed by atoms with Crippen molar-refractivity contribution in [3.05, 3.63) is 60.4 Å². The average molecular weight is 508 g/mol. The van der Waals surface area contributed by atoms with E-state index in [0.29, 0.717) is 42.0 Å². The Kier molecular flexibility index (Phi) is 6.49. The maximum absolute atomic E-state index is 15.1. The van der Waals surface area contributed by atoms with E-state index in [9.17, 15) is 4.79 Å². The van der Waals surface area contributed by atoms with Gasteiger partial charge in [0.25, 0.3) is 0 Å². The number of cyclic esters (lactones) is 1. The predicted molar refractivity (Wildman–Crippen MR) is 131 cm³/mol. The third-order valence-electron chi connectivity index (χ3n) is 6.67. The van der Waals surface area contributed by atoms with Crippen molar-refractivity contribution < 1.29 is 23.5 Å². The molecule has 11 nitrogen and oxygen atoms in total. The SMILES string of the molecule is O=C1O[C@@H](Cn2ccnn2)CN1c1ccc(-c2ccc(C3=NO[C@@H](CN4CCOCC4)C3)nc2)c(F)c1. The number of benzene rings is 1. The summed E-state index contributed by atoms with van der Waals surface area (Å²) in [5.74, 6) is -0.452. The van der Waals surface area contributed by atoms with Gasteiger partial charge in [-0.2, -0.15) is 0 Å². The van der Waals surface area contributed by atoms with Crippen LogP contribution in [0.1, 0.15) is 12.1 Å². The lowest BCUT2D eigenvalue weighted by molar-refractivity contribution is -0.0000402. The van der Waals surface area contributed by atoms with Gasteiger partial charge < -0.3 is 14.3 Å². The molecule has 192 valence electrons. The van der Waals surface area contributed by atoms with Gasteiger partial charge in [-0.25, -0.2) is 13.9 Å². The van der Waals surface area contributed by atoms with Crippen LogP contribution in [0.2, 0.25) is 0 Å². The molecule has 3 aliphatic rings. The number of pyridine rings is 1. The van der Waals surface area contributed by atoms with Gasteiger partial charge in [0, 0.05) is 49.6 Å². The first-order chi connectivity index (χ1) is 18.1. The smallest absolute Gasteiger partial charge is 0.414 e. The van der Waals surface area contributed by atoms with Gasteiger partial charge >= 0.3 is 6.09 Å². The lowest BCUT2D eigenvalue weighted by Gasteiger charge is -2.27. The quantitative estimate of drug-likeness (QED) is 0.480. The van der Waals surface area contributed by atoms with Crippen LogP contribution in [0.4, 0.5) is 14.9 Å². The minimum absolute atomic E-state index is 0.00680. The molecule has 2 atom stereocenters. The molecule has 6 rings (SSSR count). The van der Waals surface area contributed by atoms with Gasteiger partial charge in [0.2, 0.25) is 0 Å². The van der Waals surface area contributed by atoms with Gasteiger partial charge in [0.1, 0.15) is 23.7 Å². The molecule has 0 aliphatic carbocycles. The first kappa shape index (κ1) is 23.5. The number of ether oxygens (including phenoxy) is 2. The fourth-order valence-electron chi connectivity index (χ4n) is 4.75. The number of nitrogens with zero attached hydrogens (tertiary/aromatic N) is 7. The van der Waals surface area contributed by atoms with Crippen LogP contribution in [-0.4, -0.2) is 88.3 Å². The summed E-state index contributed by atoms with van der Waals surface area (Å²) in [5, 5.41) is 11.9. The van der Waals surface area contributed by atoms with E-state index in [4.69, 9.17) is 14.3 Å². The van der Waals surface area contributed by atoms with Crippen LogP contribution in [0.15, 0.2) is 54.1 Å². The lowest BCUT2D eigenvalue weighted by atomic mass is 10.0. The molecule has 0 unspecified atom stereocenters. The monoisotopic (exact) mass is 507 g/mol. The zero-order valence-electron chi connectivity index (χ0n) is 20.1. The Morgan fingerprint density at radius 3 is 2.73 bits per heavy atom. The van der Waals surface area contributed by atoms with Gasteiger partial charge in [-0.1, -0.05) is 16.4 Å². The number of rotatable bonds is 7. The molecule has 3 aliphatic heterocycles. The molecular formula is C25H26FN7O4. The number of morpholine rings is 1. The number of carbonyl (C=O) groups excluding carboxylic acids is 1. The number of halogens is 1. The maximum Gasteiger partial charge on any atom is 0.414 e.